The maximum atomic E-state index is 12.9. The third-order valence-corrected chi connectivity index (χ3v) is 3.41. The molecule has 0 aliphatic heterocycles. The topological polar surface area (TPSA) is 26.3 Å². The summed E-state index contributed by atoms with van der Waals surface area (Å²) in [4.78, 5) is 11.1. The molecule has 19 heavy (non-hydrogen) atoms. The second-order valence-electron chi connectivity index (χ2n) is 4.10. The van der Waals surface area contributed by atoms with Crippen molar-refractivity contribution in [1.29, 1.82) is 0 Å². The van der Waals surface area contributed by atoms with E-state index in [0.29, 0.717) is 22.4 Å². The van der Waals surface area contributed by atoms with Crippen molar-refractivity contribution in [3.05, 3.63) is 63.9 Å². The molecular formula is C15H12BrFO2. The van der Waals surface area contributed by atoms with Gasteiger partial charge in [-0.15, -0.1) is 0 Å². The van der Waals surface area contributed by atoms with Crippen molar-refractivity contribution in [3.63, 3.8) is 0 Å². The first-order valence-electron chi connectivity index (χ1n) is 5.74. The van der Waals surface area contributed by atoms with Crippen LogP contribution in [0.15, 0.2) is 46.9 Å². The smallest absolute Gasteiger partial charge is 0.159 e. The van der Waals surface area contributed by atoms with Crippen LogP contribution in [-0.4, -0.2) is 5.78 Å². The van der Waals surface area contributed by atoms with Crippen molar-refractivity contribution in [1.82, 2.24) is 0 Å². The van der Waals surface area contributed by atoms with Gasteiger partial charge in [0.05, 0.1) is 0 Å². The molecule has 0 aromatic heterocycles. The molecule has 0 spiro atoms. The largest absolute Gasteiger partial charge is 0.489 e. The molecule has 0 saturated heterocycles. The van der Waals surface area contributed by atoms with Gasteiger partial charge < -0.3 is 4.74 Å². The van der Waals surface area contributed by atoms with Crippen molar-refractivity contribution in [2.24, 2.45) is 0 Å². The van der Waals surface area contributed by atoms with E-state index in [4.69, 9.17) is 4.74 Å². The summed E-state index contributed by atoms with van der Waals surface area (Å²) in [6.45, 7) is 1.85. The molecule has 2 aromatic carbocycles. The summed E-state index contributed by atoms with van der Waals surface area (Å²) in [6.07, 6.45) is 0. The van der Waals surface area contributed by atoms with Gasteiger partial charge in [-0.2, -0.15) is 0 Å². The standard InChI is InChI=1S/C15H12BrFO2/c1-10(18)11-3-6-14(7-4-11)19-9-12-2-5-13(17)8-15(12)16/h2-8H,9H2,1H3. The van der Waals surface area contributed by atoms with Gasteiger partial charge in [0.25, 0.3) is 0 Å². The van der Waals surface area contributed by atoms with Gasteiger partial charge in [0.1, 0.15) is 18.2 Å². The average molecular weight is 323 g/mol. The molecule has 0 heterocycles. The van der Waals surface area contributed by atoms with E-state index in [1.807, 2.05) is 0 Å². The molecule has 0 amide bonds. The molecule has 2 aromatic rings. The number of benzene rings is 2. The number of hydrogen-bond acceptors (Lipinski definition) is 2. The summed E-state index contributed by atoms with van der Waals surface area (Å²) in [6, 6.07) is 11.4. The summed E-state index contributed by atoms with van der Waals surface area (Å²) in [5.74, 6) is 0.399. The van der Waals surface area contributed by atoms with Crippen LogP contribution in [0.4, 0.5) is 4.39 Å². The number of rotatable bonds is 4. The predicted octanol–water partition coefficient (Wildman–Crippen LogP) is 4.37. The van der Waals surface area contributed by atoms with Crippen molar-refractivity contribution in [2.45, 2.75) is 13.5 Å². The number of ether oxygens (including phenoxy) is 1. The Hall–Kier alpha value is -1.68. The molecule has 0 fully saturated rings. The quantitative estimate of drug-likeness (QED) is 0.781. The molecule has 0 radical (unpaired) electrons. The summed E-state index contributed by atoms with van der Waals surface area (Å²) < 4.78 is 19.2. The normalized spacial score (nSPS) is 10.3. The zero-order chi connectivity index (χ0) is 13.8. The predicted molar refractivity (Wildman–Crippen MR) is 74.9 cm³/mol. The number of carbonyl (C=O) groups is 1. The average Bonchev–Trinajstić information content (AvgIpc) is 2.38. The van der Waals surface area contributed by atoms with E-state index in [1.165, 1.54) is 19.1 Å². The zero-order valence-corrected chi connectivity index (χ0v) is 11.9. The van der Waals surface area contributed by atoms with Crippen molar-refractivity contribution in [3.8, 4) is 5.75 Å². The number of halogens is 2. The summed E-state index contributed by atoms with van der Waals surface area (Å²) in [5, 5.41) is 0. The molecule has 4 heteroatoms. The fourth-order valence-corrected chi connectivity index (χ4v) is 2.05. The molecule has 0 bridgehead atoms. The van der Waals surface area contributed by atoms with Crippen molar-refractivity contribution >= 4 is 21.7 Å². The van der Waals surface area contributed by atoms with Gasteiger partial charge in [-0.1, -0.05) is 22.0 Å². The SMILES string of the molecule is CC(=O)c1ccc(OCc2ccc(F)cc2Br)cc1. The Balaban J connectivity index is 2.04. The maximum Gasteiger partial charge on any atom is 0.159 e. The number of carbonyl (C=O) groups excluding carboxylic acids is 1. The number of hydrogen-bond donors (Lipinski definition) is 0. The van der Waals surface area contributed by atoms with E-state index in [0.717, 1.165) is 5.56 Å². The van der Waals surface area contributed by atoms with E-state index in [-0.39, 0.29) is 11.6 Å². The minimum atomic E-state index is -0.290. The Labute approximate surface area is 119 Å². The van der Waals surface area contributed by atoms with Gasteiger partial charge in [-0.3, -0.25) is 4.79 Å². The second-order valence-corrected chi connectivity index (χ2v) is 4.96. The summed E-state index contributed by atoms with van der Waals surface area (Å²) in [7, 11) is 0. The fraction of sp³-hybridized carbons (Fsp3) is 0.133. The highest BCUT2D eigenvalue weighted by atomic mass is 79.9. The Kier molecular flexibility index (Phi) is 4.32. The van der Waals surface area contributed by atoms with Crippen LogP contribution in [0.1, 0.15) is 22.8 Å². The van der Waals surface area contributed by atoms with Crippen LogP contribution in [-0.2, 0) is 6.61 Å². The third kappa shape index (κ3) is 3.64. The first-order valence-corrected chi connectivity index (χ1v) is 6.53. The third-order valence-electron chi connectivity index (χ3n) is 2.67. The summed E-state index contributed by atoms with van der Waals surface area (Å²) >= 11 is 3.29. The maximum absolute atomic E-state index is 12.9. The lowest BCUT2D eigenvalue weighted by atomic mass is 10.1. The van der Waals surface area contributed by atoms with Crippen LogP contribution in [0.2, 0.25) is 0 Å². The molecule has 0 aliphatic rings. The lowest BCUT2D eigenvalue weighted by Crippen LogP contribution is -1.98. The Morgan fingerprint density at radius 1 is 1.21 bits per heavy atom. The van der Waals surface area contributed by atoms with Crippen LogP contribution in [0.25, 0.3) is 0 Å². The van der Waals surface area contributed by atoms with Gasteiger partial charge in [0.2, 0.25) is 0 Å². The second kappa shape index (κ2) is 5.97. The van der Waals surface area contributed by atoms with Gasteiger partial charge in [-0.05, 0) is 43.3 Å². The highest BCUT2D eigenvalue weighted by Crippen LogP contribution is 2.20. The number of ketones is 1. The van der Waals surface area contributed by atoms with E-state index in [2.05, 4.69) is 15.9 Å². The lowest BCUT2D eigenvalue weighted by molar-refractivity contribution is 0.101. The first-order chi connectivity index (χ1) is 9.06. The van der Waals surface area contributed by atoms with Gasteiger partial charge in [0, 0.05) is 15.6 Å². The number of Topliss-reactive ketones (excluding diaryl/α,β-unsaturated/α-hetero) is 1. The first kappa shape index (κ1) is 13.7. The van der Waals surface area contributed by atoms with Crippen LogP contribution in [0.5, 0.6) is 5.75 Å². The highest BCUT2D eigenvalue weighted by molar-refractivity contribution is 9.10. The molecule has 2 rings (SSSR count). The van der Waals surface area contributed by atoms with E-state index >= 15 is 0 Å². The molecule has 2 nitrogen and oxygen atoms in total. The highest BCUT2D eigenvalue weighted by Gasteiger charge is 2.03. The van der Waals surface area contributed by atoms with E-state index in [1.54, 1.807) is 30.3 Å². The molecule has 0 saturated carbocycles. The van der Waals surface area contributed by atoms with Crippen LogP contribution in [0, 0.1) is 5.82 Å². The van der Waals surface area contributed by atoms with Crippen molar-refractivity contribution < 1.29 is 13.9 Å². The molecule has 98 valence electrons. The molecule has 0 atom stereocenters. The Bertz CT molecular complexity index is 594. The van der Waals surface area contributed by atoms with Crippen LogP contribution in [0.3, 0.4) is 0 Å². The Morgan fingerprint density at radius 3 is 2.47 bits per heavy atom. The molecular weight excluding hydrogens is 311 g/mol. The fourth-order valence-electron chi connectivity index (χ4n) is 1.59. The van der Waals surface area contributed by atoms with Crippen molar-refractivity contribution in [2.75, 3.05) is 0 Å². The minimum absolute atomic E-state index is 0.0211. The minimum Gasteiger partial charge on any atom is -0.489 e. The molecule has 0 aliphatic carbocycles. The van der Waals surface area contributed by atoms with E-state index in [9.17, 15) is 9.18 Å². The zero-order valence-electron chi connectivity index (χ0n) is 10.3. The molecule has 0 N–H and O–H groups in total. The van der Waals surface area contributed by atoms with Gasteiger partial charge in [-0.25, -0.2) is 4.39 Å². The van der Waals surface area contributed by atoms with Crippen LogP contribution < -0.4 is 4.74 Å². The molecule has 0 unspecified atom stereocenters. The van der Waals surface area contributed by atoms with Gasteiger partial charge in [0.15, 0.2) is 5.78 Å². The summed E-state index contributed by atoms with van der Waals surface area (Å²) in [5.41, 5.74) is 1.51. The monoisotopic (exact) mass is 322 g/mol. The Morgan fingerprint density at radius 2 is 1.89 bits per heavy atom. The van der Waals surface area contributed by atoms with Gasteiger partial charge >= 0.3 is 0 Å². The van der Waals surface area contributed by atoms with Crippen LogP contribution >= 0.6 is 15.9 Å². The van der Waals surface area contributed by atoms with E-state index < -0.39 is 0 Å². The lowest BCUT2D eigenvalue weighted by Gasteiger charge is -2.08.